The lowest BCUT2D eigenvalue weighted by Gasteiger charge is -2.22. The van der Waals surface area contributed by atoms with E-state index in [2.05, 4.69) is 32.0 Å². The standard InChI is InChI=1S/C15H24N2O/c1-11-5-6-12(2)14(9-11)10-17(4)15(18)13(3)7-8-16/h5-6,9,13H,7-8,10,16H2,1-4H3. The molecule has 0 aromatic heterocycles. The smallest absolute Gasteiger partial charge is 0.225 e. The van der Waals surface area contributed by atoms with Gasteiger partial charge >= 0.3 is 0 Å². The molecule has 0 fully saturated rings. The normalized spacial score (nSPS) is 12.3. The molecule has 1 aromatic rings. The Kier molecular flexibility index (Phi) is 5.35. The van der Waals surface area contributed by atoms with E-state index in [0.717, 1.165) is 6.42 Å². The van der Waals surface area contributed by atoms with Crippen LogP contribution in [0.15, 0.2) is 18.2 Å². The Bertz CT molecular complexity index is 415. The van der Waals surface area contributed by atoms with Crippen molar-refractivity contribution in [2.75, 3.05) is 13.6 Å². The zero-order valence-electron chi connectivity index (χ0n) is 11.9. The van der Waals surface area contributed by atoms with Gasteiger partial charge in [-0.2, -0.15) is 0 Å². The summed E-state index contributed by atoms with van der Waals surface area (Å²) in [5, 5.41) is 0. The summed E-state index contributed by atoms with van der Waals surface area (Å²) in [7, 11) is 1.86. The summed E-state index contributed by atoms with van der Waals surface area (Å²) in [6.07, 6.45) is 0.746. The van der Waals surface area contributed by atoms with Gasteiger partial charge in [-0.25, -0.2) is 0 Å². The highest BCUT2D eigenvalue weighted by atomic mass is 16.2. The molecule has 18 heavy (non-hydrogen) atoms. The third kappa shape index (κ3) is 3.84. The molecule has 1 atom stereocenters. The summed E-state index contributed by atoms with van der Waals surface area (Å²) in [5.74, 6) is 0.173. The maximum Gasteiger partial charge on any atom is 0.225 e. The van der Waals surface area contributed by atoms with Gasteiger partial charge in [-0.15, -0.1) is 0 Å². The molecule has 0 aliphatic rings. The Hall–Kier alpha value is -1.35. The average Bonchev–Trinajstić information content (AvgIpc) is 2.33. The van der Waals surface area contributed by atoms with Gasteiger partial charge in [-0.3, -0.25) is 4.79 Å². The maximum absolute atomic E-state index is 12.1. The predicted octanol–water partition coefficient (Wildman–Crippen LogP) is 2.25. The van der Waals surface area contributed by atoms with Crippen molar-refractivity contribution < 1.29 is 4.79 Å². The molecule has 1 unspecified atom stereocenters. The zero-order chi connectivity index (χ0) is 13.7. The number of carbonyl (C=O) groups excluding carboxylic acids is 1. The van der Waals surface area contributed by atoms with E-state index in [-0.39, 0.29) is 11.8 Å². The Labute approximate surface area is 110 Å². The molecule has 0 aliphatic carbocycles. The van der Waals surface area contributed by atoms with Crippen LogP contribution in [0.5, 0.6) is 0 Å². The van der Waals surface area contributed by atoms with Crippen LogP contribution in [0.3, 0.4) is 0 Å². The van der Waals surface area contributed by atoms with Gasteiger partial charge in [0.2, 0.25) is 5.91 Å². The molecule has 0 saturated carbocycles. The van der Waals surface area contributed by atoms with Gasteiger partial charge in [0.25, 0.3) is 0 Å². The SMILES string of the molecule is Cc1ccc(C)c(CN(C)C(=O)C(C)CCN)c1. The van der Waals surface area contributed by atoms with Crippen LogP contribution in [0.25, 0.3) is 0 Å². The molecular formula is C15H24N2O. The minimum atomic E-state index is 0.00474. The van der Waals surface area contributed by atoms with Gasteiger partial charge in [0.15, 0.2) is 0 Å². The lowest BCUT2D eigenvalue weighted by Crippen LogP contribution is -2.32. The monoisotopic (exact) mass is 248 g/mol. The van der Waals surface area contributed by atoms with Crippen molar-refractivity contribution in [2.24, 2.45) is 11.7 Å². The molecule has 100 valence electrons. The maximum atomic E-state index is 12.1. The fraction of sp³-hybridized carbons (Fsp3) is 0.533. The molecule has 3 heteroatoms. The van der Waals surface area contributed by atoms with E-state index >= 15 is 0 Å². The molecule has 3 nitrogen and oxygen atoms in total. The number of amides is 1. The molecule has 0 heterocycles. The number of nitrogens with zero attached hydrogens (tertiary/aromatic N) is 1. The molecule has 1 rings (SSSR count). The van der Waals surface area contributed by atoms with Crippen molar-refractivity contribution in [2.45, 2.75) is 33.7 Å². The summed E-state index contributed by atoms with van der Waals surface area (Å²) in [4.78, 5) is 13.9. The Morgan fingerprint density at radius 3 is 2.67 bits per heavy atom. The van der Waals surface area contributed by atoms with Crippen molar-refractivity contribution >= 4 is 5.91 Å². The number of nitrogens with two attached hydrogens (primary N) is 1. The van der Waals surface area contributed by atoms with Gasteiger partial charge in [0.05, 0.1) is 0 Å². The van der Waals surface area contributed by atoms with E-state index < -0.39 is 0 Å². The van der Waals surface area contributed by atoms with Crippen molar-refractivity contribution in [3.63, 3.8) is 0 Å². The Balaban J connectivity index is 2.72. The molecule has 1 amide bonds. The molecule has 0 saturated heterocycles. The van der Waals surface area contributed by atoms with Gasteiger partial charge < -0.3 is 10.6 Å². The summed E-state index contributed by atoms with van der Waals surface area (Å²) in [6.45, 7) is 7.32. The predicted molar refractivity (Wildman–Crippen MR) is 75.2 cm³/mol. The first-order valence-electron chi connectivity index (χ1n) is 6.47. The highest BCUT2D eigenvalue weighted by molar-refractivity contribution is 5.78. The van der Waals surface area contributed by atoms with Gasteiger partial charge in [-0.1, -0.05) is 30.7 Å². The molecule has 0 spiro atoms. The highest BCUT2D eigenvalue weighted by Crippen LogP contribution is 2.14. The quantitative estimate of drug-likeness (QED) is 0.868. The zero-order valence-corrected chi connectivity index (χ0v) is 11.9. The second kappa shape index (κ2) is 6.55. The molecule has 0 aliphatic heterocycles. The fourth-order valence-corrected chi connectivity index (χ4v) is 2.05. The number of hydrogen-bond acceptors (Lipinski definition) is 2. The number of rotatable bonds is 5. The number of benzene rings is 1. The van der Waals surface area contributed by atoms with E-state index in [1.54, 1.807) is 4.90 Å². The number of carbonyl (C=O) groups is 1. The van der Waals surface area contributed by atoms with Crippen LogP contribution in [-0.4, -0.2) is 24.4 Å². The number of hydrogen-bond donors (Lipinski definition) is 1. The van der Waals surface area contributed by atoms with Gasteiger partial charge in [-0.05, 0) is 37.9 Å². The average molecular weight is 248 g/mol. The van der Waals surface area contributed by atoms with Gasteiger partial charge in [0, 0.05) is 19.5 Å². The van der Waals surface area contributed by atoms with E-state index in [1.807, 2.05) is 14.0 Å². The molecular weight excluding hydrogens is 224 g/mol. The molecule has 2 N–H and O–H groups in total. The summed E-state index contributed by atoms with van der Waals surface area (Å²) in [6, 6.07) is 6.34. The van der Waals surface area contributed by atoms with E-state index in [0.29, 0.717) is 13.1 Å². The number of aryl methyl sites for hydroxylation is 2. The van der Waals surface area contributed by atoms with Crippen LogP contribution in [0, 0.1) is 19.8 Å². The minimum absolute atomic E-state index is 0.00474. The second-order valence-electron chi connectivity index (χ2n) is 5.10. The van der Waals surface area contributed by atoms with Crippen molar-refractivity contribution in [1.82, 2.24) is 4.90 Å². The molecule has 0 bridgehead atoms. The van der Waals surface area contributed by atoms with Crippen LogP contribution in [0.4, 0.5) is 0 Å². The second-order valence-corrected chi connectivity index (χ2v) is 5.10. The summed E-state index contributed by atoms with van der Waals surface area (Å²) < 4.78 is 0. The third-order valence-corrected chi connectivity index (χ3v) is 3.31. The van der Waals surface area contributed by atoms with Crippen LogP contribution in [0.1, 0.15) is 30.0 Å². The van der Waals surface area contributed by atoms with E-state index in [9.17, 15) is 4.79 Å². The van der Waals surface area contributed by atoms with Crippen LogP contribution < -0.4 is 5.73 Å². The molecule has 1 aromatic carbocycles. The van der Waals surface area contributed by atoms with Crippen molar-refractivity contribution in [3.05, 3.63) is 34.9 Å². The van der Waals surface area contributed by atoms with Crippen LogP contribution in [0.2, 0.25) is 0 Å². The third-order valence-electron chi connectivity index (χ3n) is 3.31. The van der Waals surface area contributed by atoms with Crippen LogP contribution in [-0.2, 0) is 11.3 Å². The largest absolute Gasteiger partial charge is 0.341 e. The minimum Gasteiger partial charge on any atom is -0.341 e. The fourth-order valence-electron chi connectivity index (χ4n) is 2.05. The van der Waals surface area contributed by atoms with E-state index in [1.165, 1.54) is 16.7 Å². The topological polar surface area (TPSA) is 46.3 Å². The Morgan fingerprint density at radius 1 is 1.39 bits per heavy atom. The lowest BCUT2D eigenvalue weighted by molar-refractivity contribution is -0.134. The van der Waals surface area contributed by atoms with Crippen molar-refractivity contribution in [1.29, 1.82) is 0 Å². The van der Waals surface area contributed by atoms with Crippen LogP contribution >= 0.6 is 0 Å². The summed E-state index contributed by atoms with van der Waals surface area (Å²) >= 11 is 0. The first-order valence-corrected chi connectivity index (χ1v) is 6.47. The lowest BCUT2D eigenvalue weighted by atomic mass is 10.0. The summed E-state index contributed by atoms with van der Waals surface area (Å²) in [5.41, 5.74) is 9.16. The Morgan fingerprint density at radius 2 is 2.06 bits per heavy atom. The van der Waals surface area contributed by atoms with E-state index in [4.69, 9.17) is 5.73 Å². The van der Waals surface area contributed by atoms with Crippen molar-refractivity contribution in [3.8, 4) is 0 Å². The molecule has 0 radical (unpaired) electrons. The first kappa shape index (κ1) is 14.7. The first-order chi connectivity index (χ1) is 8.45. The highest BCUT2D eigenvalue weighted by Gasteiger charge is 2.17. The van der Waals surface area contributed by atoms with Gasteiger partial charge in [0.1, 0.15) is 0 Å².